The lowest BCUT2D eigenvalue weighted by Crippen LogP contribution is -1.93. The molecule has 0 spiro atoms. The highest BCUT2D eigenvalue weighted by atomic mass is 16.5. The molecule has 0 saturated heterocycles. The summed E-state index contributed by atoms with van der Waals surface area (Å²) in [4.78, 5) is 0. The molecule has 0 aromatic heterocycles. The molecular formula is C21H30O. The van der Waals surface area contributed by atoms with Gasteiger partial charge in [-0.1, -0.05) is 70.2 Å². The highest BCUT2D eigenvalue weighted by molar-refractivity contribution is 5.27. The molecule has 0 aliphatic rings. The number of ether oxygens (including phenoxy) is 1. The molecule has 0 amide bonds. The molecule has 0 aliphatic heterocycles. The van der Waals surface area contributed by atoms with Gasteiger partial charge in [-0.15, -0.1) is 0 Å². The molecule has 2 aromatic carbocycles. The van der Waals surface area contributed by atoms with Gasteiger partial charge in [-0.3, -0.25) is 0 Å². The van der Waals surface area contributed by atoms with Crippen molar-refractivity contribution >= 4 is 0 Å². The Bertz CT molecular complexity index is 497. The van der Waals surface area contributed by atoms with Gasteiger partial charge in [-0.2, -0.15) is 0 Å². The summed E-state index contributed by atoms with van der Waals surface area (Å²) in [6.45, 7) is 8.94. The monoisotopic (exact) mass is 298 g/mol. The normalized spacial score (nSPS) is 10.3. The van der Waals surface area contributed by atoms with Crippen LogP contribution in [0.25, 0.3) is 0 Å². The van der Waals surface area contributed by atoms with Crippen LogP contribution in [0, 0.1) is 11.8 Å². The van der Waals surface area contributed by atoms with Crippen LogP contribution < -0.4 is 4.74 Å². The lowest BCUT2D eigenvalue weighted by molar-refractivity contribution is 0.414. The minimum Gasteiger partial charge on any atom is -0.497 e. The molecule has 0 bridgehead atoms. The summed E-state index contributed by atoms with van der Waals surface area (Å²) in [6.07, 6.45) is 2.34. The molecular weight excluding hydrogens is 268 g/mol. The van der Waals surface area contributed by atoms with E-state index in [-0.39, 0.29) is 0 Å². The average Bonchev–Trinajstić information content (AvgIpc) is 2.48. The largest absolute Gasteiger partial charge is 0.497 e. The third-order valence-corrected chi connectivity index (χ3v) is 3.29. The zero-order chi connectivity index (χ0) is 16.4. The molecule has 0 saturated carbocycles. The molecule has 0 heterocycles. The van der Waals surface area contributed by atoms with E-state index >= 15 is 0 Å². The minimum atomic E-state index is 0.721. The topological polar surface area (TPSA) is 9.23 Å². The quantitative estimate of drug-likeness (QED) is 0.680. The molecule has 22 heavy (non-hydrogen) atoms. The summed E-state index contributed by atoms with van der Waals surface area (Å²) in [5, 5.41) is 0. The second kappa shape index (κ2) is 10.0. The van der Waals surface area contributed by atoms with Crippen molar-refractivity contribution in [1.82, 2.24) is 0 Å². The fraction of sp³-hybridized carbons (Fsp3) is 0.429. The van der Waals surface area contributed by atoms with Crippen molar-refractivity contribution < 1.29 is 4.74 Å². The Labute approximate surface area is 136 Å². The van der Waals surface area contributed by atoms with Crippen molar-refractivity contribution in [1.29, 1.82) is 0 Å². The Morgan fingerprint density at radius 3 is 1.55 bits per heavy atom. The molecule has 0 atom stereocenters. The third-order valence-electron chi connectivity index (χ3n) is 3.29. The van der Waals surface area contributed by atoms with E-state index in [1.165, 1.54) is 17.5 Å². The molecule has 120 valence electrons. The van der Waals surface area contributed by atoms with Gasteiger partial charge < -0.3 is 4.74 Å². The van der Waals surface area contributed by atoms with Crippen LogP contribution >= 0.6 is 0 Å². The predicted octanol–water partition coefficient (Wildman–Crippen LogP) is 5.78. The van der Waals surface area contributed by atoms with Gasteiger partial charge in [0.1, 0.15) is 5.75 Å². The maximum atomic E-state index is 5.07. The summed E-state index contributed by atoms with van der Waals surface area (Å²) < 4.78 is 5.07. The van der Waals surface area contributed by atoms with Crippen LogP contribution in [0.3, 0.4) is 0 Å². The average molecular weight is 298 g/mol. The Balaban J connectivity index is 0.000000224. The van der Waals surface area contributed by atoms with Crippen molar-refractivity contribution in [2.24, 2.45) is 11.8 Å². The van der Waals surface area contributed by atoms with Gasteiger partial charge in [0.2, 0.25) is 0 Å². The lowest BCUT2D eigenvalue weighted by Gasteiger charge is -2.05. The van der Waals surface area contributed by atoms with Crippen molar-refractivity contribution in [2.75, 3.05) is 7.11 Å². The van der Waals surface area contributed by atoms with Gasteiger partial charge in [-0.05, 0) is 47.9 Å². The molecule has 2 rings (SSSR count). The van der Waals surface area contributed by atoms with E-state index in [0.717, 1.165) is 24.0 Å². The summed E-state index contributed by atoms with van der Waals surface area (Å²) in [7, 11) is 1.69. The van der Waals surface area contributed by atoms with Crippen LogP contribution in [0.2, 0.25) is 0 Å². The number of hydrogen-bond acceptors (Lipinski definition) is 1. The number of benzene rings is 2. The van der Waals surface area contributed by atoms with Crippen molar-refractivity contribution in [3.8, 4) is 5.75 Å². The predicted molar refractivity (Wildman–Crippen MR) is 96.5 cm³/mol. The molecule has 0 fully saturated rings. The second-order valence-electron chi connectivity index (χ2n) is 6.53. The van der Waals surface area contributed by atoms with E-state index in [0.29, 0.717) is 0 Å². The highest BCUT2D eigenvalue weighted by Crippen LogP contribution is 2.14. The van der Waals surface area contributed by atoms with Gasteiger partial charge in [0.25, 0.3) is 0 Å². The summed E-state index contributed by atoms with van der Waals surface area (Å²) in [5.41, 5.74) is 2.82. The maximum Gasteiger partial charge on any atom is 0.118 e. The number of rotatable bonds is 5. The molecule has 0 unspecified atom stereocenters. The first-order chi connectivity index (χ1) is 10.5. The van der Waals surface area contributed by atoms with Crippen molar-refractivity contribution in [3.05, 3.63) is 65.7 Å². The van der Waals surface area contributed by atoms with Gasteiger partial charge >= 0.3 is 0 Å². The van der Waals surface area contributed by atoms with Crippen LogP contribution in [0.1, 0.15) is 38.8 Å². The first kappa shape index (κ1) is 18.3. The Hall–Kier alpha value is -1.76. The zero-order valence-electron chi connectivity index (χ0n) is 14.7. The molecule has 1 heteroatoms. The minimum absolute atomic E-state index is 0.721. The van der Waals surface area contributed by atoms with Crippen LogP contribution in [0.15, 0.2) is 54.6 Å². The second-order valence-corrected chi connectivity index (χ2v) is 6.53. The fourth-order valence-electron chi connectivity index (χ4n) is 2.32. The van der Waals surface area contributed by atoms with Crippen LogP contribution in [-0.2, 0) is 12.8 Å². The van der Waals surface area contributed by atoms with Crippen molar-refractivity contribution in [2.45, 2.75) is 40.5 Å². The van der Waals surface area contributed by atoms with E-state index in [9.17, 15) is 0 Å². The first-order valence-corrected chi connectivity index (χ1v) is 8.18. The Morgan fingerprint density at radius 1 is 0.682 bits per heavy atom. The van der Waals surface area contributed by atoms with Gasteiger partial charge in [0.05, 0.1) is 7.11 Å². The van der Waals surface area contributed by atoms with Gasteiger partial charge in [0.15, 0.2) is 0 Å². The van der Waals surface area contributed by atoms with E-state index in [1.54, 1.807) is 7.11 Å². The van der Waals surface area contributed by atoms with E-state index in [4.69, 9.17) is 4.74 Å². The smallest absolute Gasteiger partial charge is 0.118 e. The first-order valence-electron chi connectivity index (χ1n) is 8.18. The summed E-state index contributed by atoms with van der Waals surface area (Å²) in [6, 6.07) is 18.9. The van der Waals surface area contributed by atoms with Crippen LogP contribution in [0.5, 0.6) is 5.75 Å². The van der Waals surface area contributed by atoms with Crippen LogP contribution in [-0.4, -0.2) is 7.11 Å². The molecule has 1 nitrogen and oxygen atoms in total. The van der Waals surface area contributed by atoms with Crippen LogP contribution in [0.4, 0.5) is 0 Å². The maximum absolute atomic E-state index is 5.07. The number of hydrogen-bond donors (Lipinski definition) is 0. The lowest BCUT2D eigenvalue weighted by atomic mass is 10.0. The SMILES string of the molecule is CC(C)Cc1ccccc1.COc1ccc(CC(C)C)cc1. The Kier molecular flexibility index (Phi) is 8.35. The standard InChI is InChI=1S/C11H16O.C10H14/c1-9(2)8-10-4-6-11(12-3)7-5-10;1-9(2)8-10-6-4-3-5-7-10/h4-7,9H,8H2,1-3H3;3-7,9H,8H2,1-2H3. The Morgan fingerprint density at radius 2 is 1.14 bits per heavy atom. The van der Waals surface area contributed by atoms with Crippen molar-refractivity contribution in [3.63, 3.8) is 0 Å². The zero-order valence-corrected chi connectivity index (χ0v) is 14.7. The van der Waals surface area contributed by atoms with E-state index in [2.05, 4.69) is 70.2 Å². The van der Waals surface area contributed by atoms with Gasteiger partial charge in [0, 0.05) is 0 Å². The third kappa shape index (κ3) is 7.87. The fourth-order valence-corrected chi connectivity index (χ4v) is 2.32. The highest BCUT2D eigenvalue weighted by Gasteiger charge is 1.97. The summed E-state index contributed by atoms with van der Waals surface area (Å²) >= 11 is 0. The van der Waals surface area contributed by atoms with E-state index in [1.807, 2.05) is 12.1 Å². The molecule has 2 aromatic rings. The summed E-state index contributed by atoms with van der Waals surface area (Å²) in [5.74, 6) is 2.42. The molecule has 0 aliphatic carbocycles. The molecule has 0 N–H and O–H groups in total. The number of methoxy groups -OCH3 is 1. The van der Waals surface area contributed by atoms with E-state index < -0.39 is 0 Å². The van der Waals surface area contributed by atoms with Gasteiger partial charge in [-0.25, -0.2) is 0 Å². The molecule has 0 radical (unpaired) electrons.